The van der Waals surface area contributed by atoms with E-state index in [0.717, 1.165) is 12.0 Å². The summed E-state index contributed by atoms with van der Waals surface area (Å²) in [5.74, 6) is -0.253. The second kappa shape index (κ2) is 8.46. The Kier molecular flexibility index (Phi) is 7.26. The monoisotopic (exact) mass is 330 g/mol. The summed E-state index contributed by atoms with van der Waals surface area (Å²) >= 11 is 0. The average molecular weight is 331 g/mol. The van der Waals surface area contributed by atoms with Gasteiger partial charge in [-0.3, -0.25) is 4.79 Å². The standard InChI is InChI=1S/C16H23FN2O2.ClH/c1-3-4-14(18)16(20)19-7-8-21-15(10-19)12-5-6-13(17)11(2)9-12;/h5-6,9,14-15H,3-4,7-8,10,18H2,1-2H3;1H. The fourth-order valence-electron chi connectivity index (χ4n) is 2.59. The minimum Gasteiger partial charge on any atom is -0.370 e. The zero-order chi connectivity index (χ0) is 15.4. The molecule has 0 aromatic heterocycles. The van der Waals surface area contributed by atoms with Gasteiger partial charge in [-0.1, -0.05) is 25.5 Å². The topological polar surface area (TPSA) is 55.6 Å². The number of aryl methyl sites for hydroxylation is 1. The number of nitrogens with two attached hydrogens (primary N) is 1. The van der Waals surface area contributed by atoms with Crippen molar-refractivity contribution < 1.29 is 13.9 Å². The van der Waals surface area contributed by atoms with Crippen LogP contribution in [-0.4, -0.2) is 36.5 Å². The molecule has 0 radical (unpaired) electrons. The lowest BCUT2D eigenvalue weighted by Gasteiger charge is -2.34. The van der Waals surface area contributed by atoms with Crippen LogP contribution in [0.5, 0.6) is 0 Å². The van der Waals surface area contributed by atoms with Crippen LogP contribution >= 0.6 is 12.4 Å². The highest BCUT2D eigenvalue weighted by Crippen LogP contribution is 2.24. The van der Waals surface area contributed by atoms with Gasteiger partial charge in [0.1, 0.15) is 11.9 Å². The molecule has 1 saturated heterocycles. The van der Waals surface area contributed by atoms with Crippen molar-refractivity contribution >= 4 is 18.3 Å². The van der Waals surface area contributed by atoms with E-state index in [-0.39, 0.29) is 30.2 Å². The van der Waals surface area contributed by atoms with E-state index in [0.29, 0.717) is 31.7 Å². The molecule has 2 unspecified atom stereocenters. The zero-order valence-corrected chi connectivity index (χ0v) is 13.9. The number of amides is 1. The van der Waals surface area contributed by atoms with E-state index in [1.807, 2.05) is 6.92 Å². The highest BCUT2D eigenvalue weighted by atomic mass is 35.5. The van der Waals surface area contributed by atoms with Crippen molar-refractivity contribution in [3.63, 3.8) is 0 Å². The van der Waals surface area contributed by atoms with Crippen LogP contribution in [0.15, 0.2) is 18.2 Å². The first-order valence-corrected chi connectivity index (χ1v) is 7.45. The largest absolute Gasteiger partial charge is 0.370 e. The third-order valence-electron chi connectivity index (χ3n) is 3.85. The number of carbonyl (C=O) groups is 1. The van der Waals surface area contributed by atoms with Crippen LogP contribution in [0.4, 0.5) is 4.39 Å². The van der Waals surface area contributed by atoms with Gasteiger partial charge in [0.15, 0.2) is 0 Å². The number of hydrogen-bond acceptors (Lipinski definition) is 3. The molecular formula is C16H24ClFN2O2. The summed E-state index contributed by atoms with van der Waals surface area (Å²) in [6, 6.07) is 4.49. The molecule has 2 atom stereocenters. The number of halogens is 2. The maximum atomic E-state index is 13.3. The van der Waals surface area contributed by atoms with Crippen LogP contribution in [0.3, 0.4) is 0 Å². The van der Waals surface area contributed by atoms with Crippen molar-refractivity contribution in [1.82, 2.24) is 4.90 Å². The van der Waals surface area contributed by atoms with Gasteiger partial charge in [-0.25, -0.2) is 4.39 Å². The molecule has 1 aliphatic rings. The number of ether oxygens (including phenoxy) is 1. The molecular weight excluding hydrogens is 307 g/mol. The number of hydrogen-bond donors (Lipinski definition) is 1. The van der Waals surface area contributed by atoms with E-state index in [9.17, 15) is 9.18 Å². The second-order valence-electron chi connectivity index (χ2n) is 5.55. The van der Waals surface area contributed by atoms with E-state index in [1.54, 1.807) is 24.0 Å². The maximum Gasteiger partial charge on any atom is 0.239 e. The predicted octanol–water partition coefficient (Wildman–Crippen LogP) is 2.58. The van der Waals surface area contributed by atoms with Crippen LogP contribution in [0, 0.1) is 12.7 Å². The van der Waals surface area contributed by atoms with Crippen LogP contribution in [0.2, 0.25) is 0 Å². The van der Waals surface area contributed by atoms with Gasteiger partial charge in [0, 0.05) is 6.54 Å². The predicted molar refractivity (Wildman–Crippen MR) is 86.5 cm³/mol. The Hall–Kier alpha value is -1.17. The smallest absolute Gasteiger partial charge is 0.239 e. The number of morpholine rings is 1. The van der Waals surface area contributed by atoms with E-state index < -0.39 is 6.04 Å². The molecule has 0 aliphatic carbocycles. The van der Waals surface area contributed by atoms with Gasteiger partial charge < -0.3 is 15.4 Å². The highest BCUT2D eigenvalue weighted by molar-refractivity contribution is 5.85. The molecule has 6 heteroatoms. The van der Waals surface area contributed by atoms with Crippen molar-refractivity contribution in [2.24, 2.45) is 5.73 Å². The first kappa shape index (κ1) is 18.9. The summed E-state index contributed by atoms with van der Waals surface area (Å²) in [7, 11) is 0. The summed E-state index contributed by atoms with van der Waals surface area (Å²) in [5, 5.41) is 0. The van der Waals surface area contributed by atoms with Gasteiger partial charge in [-0.05, 0) is 30.5 Å². The molecule has 1 amide bonds. The van der Waals surface area contributed by atoms with E-state index in [4.69, 9.17) is 10.5 Å². The third kappa shape index (κ3) is 4.41. The minimum absolute atomic E-state index is 0. The fraction of sp³-hybridized carbons (Fsp3) is 0.562. The van der Waals surface area contributed by atoms with Gasteiger partial charge in [0.25, 0.3) is 0 Å². The maximum absolute atomic E-state index is 13.3. The van der Waals surface area contributed by atoms with E-state index >= 15 is 0 Å². The van der Waals surface area contributed by atoms with Gasteiger partial charge in [0.05, 0.1) is 19.2 Å². The summed E-state index contributed by atoms with van der Waals surface area (Å²) in [6.07, 6.45) is 1.37. The Morgan fingerprint density at radius 3 is 2.91 bits per heavy atom. The zero-order valence-electron chi connectivity index (χ0n) is 13.0. The van der Waals surface area contributed by atoms with Crippen molar-refractivity contribution in [1.29, 1.82) is 0 Å². The Labute approximate surface area is 137 Å². The first-order chi connectivity index (χ1) is 10.0. The summed E-state index contributed by atoms with van der Waals surface area (Å²) in [5.41, 5.74) is 7.39. The van der Waals surface area contributed by atoms with Gasteiger partial charge in [0.2, 0.25) is 5.91 Å². The normalized spacial score (nSPS) is 19.5. The Bertz CT molecular complexity index is 513. The molecule has 0 saturated carbocycles. The number of rotatable bonds is 4. The Morgan fingerprint density at radius 2 is 2.27 bits per heavy atom. The summed E-state index contributed by atoms with van der Waals surface area (Å²) in [4.78, 5) is 14.0. The molecule has 1 aromatic carbocycles. The van der Waals surface area contributed by atoms with Gasteiger partial charge in [-0.2, -0.15) is 0 Å². The molecule has 0 bridgehead atoms. The Morgan fingerprint density at radius 1 is 1.55 bits per heavy atom. The molecule has 2 N–H and O–H groups in total. The number of nitrogens with zero attached hydrogens (tertiary/aromatic N) is 1. The highest BCUT2D eigenvalue weighted by Gasteiger charge is 2.28. The lowest BCUT2D eigenvalue weighted by molar-refractivity contribution is -0.140. The molecule has 0 spiro atoms. The van der Waals surface area contributed by atoms with Crippen LogP contribution in [-0.2, 0) is 9.53 Å². The minimum atomic E-state index is -0.441. The molecule has 1 aromatic rings. The fourth-order valence-corrected chi connectivity index (χ4v) is 2.59. The second-order valence-corrected chi connectivity index (χ2v) is 5.55. The number of benzene rings is 1. The van der Waals surface area contributed by atoms with Crippen LogP contribution < -0.4 is 5.73 Å². The van der Waals surface area contributed by atoms with Crippen molar-refractivity contribution in [2.45, 2.75) is 38.8 Å². The van der Waals surface area contributed by atoms with E-state index in [1.165, 1.54) is 6.07 Å². The Balaban J connectivity index is 0.00000242. The van der Waals surface area contributed by atoms with Crippen molar-refractivity contribution in [3.05, 3.63) is 35.1 Å². The first-order valence-electron chi connectivity index (χ1n) is 7.45. The third-order valence-corrected chi connectivity index (χ3v) is 3.85. The quantitative estimate of drug-likeness (QED) is 0.923. The summed E-state index contributed by atoms with van der Waals surface area (Å²) < 4.78 is 19.1. The SMILES string of the molecule is CCCC(N)C(=O)N1CCOC(c2ccc(F)c(C)c2)C1.Cl. The molecule has 1 heterocycles. The number of carbonyl (C=O) groups excluding carboxylic acids is 1. The lowest BCUT2D eigenvalue weighted by atomic mass is 10.0. The van der Waals surface area contributed by atoms with Crippen LogP contribution in [0.25, 0.3) is 0 Å². The molecule has 1 aliphatic heterocycles. The lowest BCUT2D eigenvalue weighted by Crippen LogP contribution is -2.49. The summed E-state index contributed by atoms with van der Waals surface area (Å²) in [6.45, 7) is 5.25. The molecule has 1 fully saturated rings. The van der Waals surface area contributed by atoms with Crippen molar-refractivity contribution in [2.75, 3.05) is 19.7 Å². The molecule has 2 rings (SSSR count). The molecule has 4 nitrogen and oxygen atoms in total. The van der Waals surface area contributed by atoms with Gasteiger partial charge >= 0.3 is 0 Å². The molecule has 22 heavy (non-hydrogen) atoms. The molecule has 124 valence electrons. The van der Waals surface area contributed by atoms with Crippen LogP contribution in [0.1, 0.15) is 37.0 Å². The van der Waals surface area contributed by atoms with Gasteiger partial charge in [-0.15, -0.1) is 12.4 Å². The van der Waals surface area contributed by atoms with E-state index in [2.05, 4.69) is 0 Å². The average Bonchev–Trinajstić information content (AvgIpc) is 2.49. The van der Waals surface area contributed by atoms with Crippen molar-refractivity contribution in [3.8, 4) is 0 Å².